The minimum absolute atomic E-state index is 0.251. The van der Waals surface area contributed by atoms with Gasteiger partial charge in [0.2, 0.25) is 0 Å². The Kier molecular flexibility index (Phi) is 4.81. The minimum Gasteiger partial charge on any atom is -0.494 e. The Morgan fingerprint density at radius 3 is 2.70 bits per heavy atom. The van der Waals surface area contributed by atoms with Gasteiger partial charge in [-0.05, 0) is 47.9 Å². The van der Waals surface area contributed by atoms with Gasteiger partial charge in [0.25, 0.3) is 0 Å². The second kappa shape index (κ2) is 7.18. The third-order valence-electron chi connectivity index (χ3n) is 3.63. The van der Waals surface area contributed by atoms with E-state index in [2.05, 4.69) is 6.92 Å². The summed E-state index contributed by atoms with van der Waals surface area (Å²) in [6.07, 6.45) is 2.11. The van der Waals surface area contributed by atoms with Gasteiger partial charge in [0.1, 0.15) is 17.2 Å². The van der Waals surface area contributed by atoms with Gasteiger partial charge in [-0.15, -0.1) is 0 Å². The lowest BCUT2D eigenvalue weighted by atomic mass is 10.1. The van der Waals surface area contributed by atoms with Gasteiger partial charge in [0.05, 0.1) is 19.6 Å². The molecule has 0 amide bonds. The number of hydrogen-bond acceptors (Lipinski definition) is 4. The molecule has 4 heteroatoms. The van der Waals surface area contributed by atoms with Gasteiger partial charge in [0.15, 0.2) is 0 Å². The zero-order valence-electron chi connectivity index (χ0n) is 13.2. The fourth-order valence-corrected chi connectivity index (χ4v) is 2.51. The number of benzene rings is 2. The smallest absolute Gasteiger partial charge is 0.315 e. The zero-order valence-corrected chi connectivity index (χ0v) is 13.2. The predicted octanol–water partition coefficient (Wildman–Crippen LogP) is 3.56. The molecule has 4 nitrogen and oxygen atoms in total. The summed E-state index contributed by atoms with van der Waals surface area (Å²) in [5.74, 6) is 1.96. The average molecular weight is 312 g/mol. The maximum atomic E-state index is 12.1. The molecule has 23 heavy (non-hydrogen) atoms. The van der Waals surface area contributed by atoms with E-state index in [9.17, 15) is 4.79 Å². The summed E-state index contributed by atoms with van der Waals surface area (Å²) in [6.45, 7) is 3.46. The lowest BCUT2D eigenvalue weighted by Gasteiger charge is -2.07. The molecule has 0 aliphatic carbocycles. The van der Waals surface area contributed by atoms with Gasteiger partial charge >= 0.3 is 5.97 Å². The molecule has 0 saturated carbocycles. The zero-order chi connectivity index (χ0) is 16.1. The van der Waals surface area contributed by atoms with E-state index in [0.29, 0.717) is 12.4 Å². The molecule has 120 valence electrons. The van der Waals surface area contributed by atoms with Crippen LogP contribution in [0.3, 0.4) is 0 Å². The van der Waals surface area contributed by atoms with Crippen LogP contribution in [0.5, 0.6) is 17.2 Å². The standard InChI is InChI=1S/C19H20O4/c1-2-10-21-16-4-6-17(7-5-16)23-19(20)13-14-3-8-18-15(12-14)9-11-22-18/h3-8,12H,2,9-11,13H2,1H3. The molecule has 1 heterocycles. The molecule has 0 fully saturated rings. The van der Waals surface area contributed by atoms with E-state index in [1.165, 1.54) is 0 Å². The highest BCUT2D eigenvalue weighted by Crippen LogP contribution is 2.26. The molecule has 3 rings (SSSR count). The van der Waals surface area contributed by atoms with Crippen LogP contribution >= 0.6 is 0 Å². The van der Waals surface area contributed by atoms with Gasteiger partial charge in [-0.25, -0.2) is 0 Å². The quantitative estimate of drug-likeness (QED) is 0.604. The van der Waals surface area contributed by atoms with Crippen molar-refractivity contribution in [1.29, 1.82) is 0 Å². The lowest BCUT2D eigenvalue weighted by molar-refractivity contribution is -0.133. The normalized spacial score (nSPS) is 12.4. The summed E-state index contributed by atoms with van der Waals surface area (Å²) in [7, 11) is 0. The van der Waals surface area contributed by atoms with Crippen molar-refractivity contribution in [2.45, 2.75) is 26.2 Å². The van der Waals surface area contributed by atoms with Crippen LogP contribution < -0.4 is 14.2 Å². The third-order valence-corrected chi connectivity index (χ3v) is 3.63. The van der Waals surface area contributed by atoms with Crippen molar-refractivity contribution in [3.63, 3.8) is 0 Å². The first-order valence-corrected chi connectivity index (χ1v) is 7.93. The molecule has 0 spiro atoms. The number of ether oxygens (including phenoxy) is 3. The Balaban J connectivity index is 1.56. The van der Waals surface area contributed by atoms with Crippen LogP contribution in [0.2, 0.25) is 0 Å². The average Bonchev–Trinajstić information content (AvgIpc) is 3.02. The van der Waals surface area contributed by atoms with E-state index in [0.717, 1.165) is 42.1 Å². The SMILES string of the molecule is CCCOc1ccc(OC(=O)Cc2ccc3c(c2)CCO3)cc1. The van der Waals surface area contributed by atoms with Gasteiger partial charge in [-0.3, -0.25) is 4.79 Å². The van der Waals surface area contributed by atoms with Gasteiger partial charge in [0, 0.05) is 6.42 Å². The van der Waals surface area contributed by atoms with Crippen LogP contribution in [-0.4, -0.2) is 19.2 Å². The number of rotatable bonds is 6. The summed E-state index contributed by atoms with van der Waals surface area (Å²) >= 11 is 0. The summed E-state index contributed by atoms with van der Waals surface area (Å²) in [6, 6.07) is 13.0. The molecule has 0 bridgehead atoms. The van der Waals surface area contributed by atoms with Crippen LogP contribution in [0.1, 0.15) is 24.5 Å². The van der Waals surface area contributed by atoms with Crippen molar-refractivity contribution in [2.75, 3.05) is 13.2 Å². The number of carbonyl (C=O) groups excluding carboxylic acids is 1. The molecular weight excluding hydrogens is 292 g/mol. The van der Waals surface area contributed by atoms with Crippen molar-refractivity contribution in [1.82, 2.24) is 0 Å². The molecule has 0 unspecified atom stereocenters. The molecule has 0 N–H and O–H groups in total. The van der Waals surface area contributed by atoms with Gasteiger partial charge in [-0.1, -0.05) is 19.1 Å². The summed E-state index contributed by atoms with van der Waals surface area (Å²) in [5, 5.41) is 0. The first-order chi connectivity index (χ1) is 11.2. The van der Waals surface area contributed by atoms with Crippen molar-refractivity contribution >= 4 is 5.97 Å². The van der Waals surface area contributed by atoms with Crippen LogP contribution in [0, 0.1) is 0 Å². The minimum atomic E-state index is -0.272. The third kappa shape index (κ3) is 4.03. The van der Waals surface area contributed by atoms with E-state index in [-0.39, 0.29) is 12.4 Å². The number of hydrogen-bond donors (Lipinski definition) is 0. The van der Waals surface area contributed by atoms with Crippen LogP contribution in [0.15, 0.2) is 42.5 Å². The maximum Gasteiger partial charge on any atom is 0.315 e. The van der Waals surface area contributed by atoms with E-state index >= 15 is 0 Å². The summed E-state index contributed by atoms with van der Waals surface area (Å²) in [4.78, 5) is 12.1. The molecule has 0 aromatic heterocycles. The molecule has 0 radical (unpaired) electrons. The molecule has 1 aliphatic rings. The van der Waals surface area contributed by atoms with Crippen LogP contribution in [-0.2, 0) is 17.6 Å². The second-order valence-electron chi connectivity index (χ2n) is 5.51. The van der Waals surface area contributed by atoms with Crippen molar-refractivity contribution in [3.05, 3.63) is 53.6 Å². The largest absolute Gasteiger partial charge is 0.494 e. The molecular formula is C19H20O4. The first-order valence-electron chi connectivity index (χ1n) is 7.93. The Morgan fingerprint density at radius 1 is 1.13 bits per heavy atom. The fourth-order valence-electron chi connectivity index (χ4n) is 2.51. The van der Waals surface area contributed by atoms with Gasteiger partial charge in [-0.2, -0.15) is 0 Å². The fraction of sp³-hybridized carbons (Fsp3) is 0.316. The Bertz CT molecular complexity index is 676. The monoisotopic (exact) mass is 312 g/mol. The molecule has 2 aromatic carbocycles. The highest BCUT2D eigenvalue weighted by Gasteiger charge is 2.14. The number of fused-ring (bicyclic) bond motifs is 1. The van der Waals surface area contributed by atoms with Crippen molar-refractivity contribution in [3.8, 4) is 17.2 Å². The Hall–Kier alpha value is -2.49. The second-order valence-corrected chi connectivity index (χ2v) is 5.51. The highest BCUT2D eigenvalue weighted by atomic mass is 16.5. The van der Waals surface area contributed by atoms with Crippen molar-refractivity contribution < 1.29 is 19.0 Å². The van der Waals surface area contributed by atoms with E-state index < -0.39 is 0 Å². The topological polar surface area (TPSA) is 44.8 Å². The summed E-state index contributed by atoms with van der Waals surface area (Å²) in [5.41, 5.74) is 2.11. The molecule has 1 aliphatic heterocycles. The van der Waals surface area contributed by atoms with E-state index in [1.54, 1.807) is 12.1 Å². The van der Waals surface area contributed by atoms with E-state index in [4.69, 9.17) is 14.2 Å². The van der Waals surface area contributed by atoms with Gasteiger partial charge < -0.3 is 14.2 Å². The predicted molar refractivity (Wildman–Crippen MR) is 87.2 cm³/mol. The van der Waals surface area contributed by atoms with Crippen LogP contribution in [0.25, 0.3) is 0 Å². The Morgan fingerprint density at radius 2 is 1.91 bits per heavy atom. The first kappa shape index (κ1) is 15.4. The van der Waals surface area contributed by atoms with E-state index in [1.807, 2.05) is 30.3 Å². The highest BCUT2D eigenvalue weighted by molar-refractivity contribution is 5.75. The summed E-state index contributed by atoms with van der Waals surface area (Å²) < 4.78 is 16.3. The maximum absolute atomic E-state index is 12.1. The molecule has 0 atom stereocenters. The number of carbonyl (C=O) groups is 1. The van der Waals surface area contributed by atoms with Crippen LogP contribution in [0.4, 0.5) is 0 Å². The Labute approximate surface area is 136 Å². The molecule has 2 aromatic rings. The molecule has 0 saturated heterocycles. The number of esters is 1. The lowest BCUT2D eigenvalue weighted by Crippen LogP contribution is -2.11. The van der Waals surface area contributed by atoms with Crippen molar-refractivity contribution in [2.24, 2.45) is 0 Å².